The van der Waals surface area contributed by atoms with E-state index in [2.05, 4.69) is 15.9 Å². The van der Waals surface area contributed by atoms with E-state index in [1.807, 2.05) is 41.5 Å². The molecule has 7 heteroatoms. The molecule has 0 saturated heterocycles. The summed E-state index contributed by atoms with van der Waals surface area (Å²) in [5.41, 5.74) is 0.435. The largest absolute Gasteiger partial charge is 0.454 e. The summed E-state index contributed by atoms with van der Waals surface area (Å²) in [6.45, 7) is 13.1. The van der Waals surface area contributed by atoms with Crippen LogP contribution in [0.1, 0.15) is 63.0 Å². The molecule has 0 unspecified atom stereocenters. The Morgan fingerprint density at radius 1 is 1.06 bits per heavy atom. The lowest BCUT2D eigenvalue weighted by Crippen LogP contribution is -2.55. The maximum atomic E-state index is 15.1. The molecule has 0 saturated carbocycles. The number of ether oxygens (including phenoxy) is 2. The van der Waals surface area contributed by atoms with Crippen LogP contribution in [-0.4, -0.2) is 28.4 Å². The van der Waals surface area contributed by atoms with Crippen LogP contribution in [0.3, 0.4) is 0 Å². The first-order chi connectivity index (χ1) is 14.3. The minimum atomic E-state index is -0.608. The lowest BCUT2D eigenvalue weighted by molar-refractivity contribution is 0.0166. The van der Waals surface area contributed by atoms with Crippen LogP contribution in [0.4, 0.5) is 9.18 Å². The predicted molar refractivity (Wildman–Crippen MR) is 122 cm³/mol. The Morgan fingerprint density at radius 2 is 1.68 bits per heavy atom. The number of halogens is 2. The summed E-state index contributed by atoms with van der Waals surface area (Å²) in [4.78, 5) is 25.5. The average Bonchev–Trinajstić information content (AvgIpc) is 2.64. The Labute approximate surface area is 191 Å². The molecule has 0 heterocycles. The normalized spacial score (nSPS) is 11.8. The van der Waals surface area contributed by atoms with Crippen LogP contribution in [-0.2, 0) is 11.3 Å². The Bertz CT molecular complexity index is 963. The first-order valence-corrected chi connectivity index (χ1v) is 10.7. The van der Waals surface area contributed by atoms with Crippen molar-refractivity contribution >= 4 is 28.3 Å². The standard InChI is InChI=1S/C24H29BrFNO4/c1-15-18(12-11-16(13-28)20(15)25)31-19-10-8-9-17(21(19)26)14-30-22(29)27(23(2,3)4)24(5,6)7/h8-13H,14H2,1-7H3. The molecule has 0 spiro atoms. The Balaban J connectivity index is 2.23. The SMILES string of the molecule is Cc1c(Oc2cccc(COC(=O)N(C(C)(C)C)C(C)(C)C)c2F)ccc(C=O)c1Br. The van der Waals surface area contributed by atoms with Gasteiger partial charge in [-0.3, -0.25) is 9.69 Å². The summed E-state index contributed by atoms with van der Waals surface area (Å²) in [6, 6.07) is 7.89. The second kappa shape index (κ2) is 9.39. The van der Waals surface area contributed by atoms with E-state index in [9.17, 15) is 9.59 Å². The van der Waals surface area contributed by atoms with Crippen LogP contribution in [0.25, 0.3) is 0 Å². The van der Waals surface area contributed by atoms with Gasteiger partial charge in [0.25, 0.3) is 0 Å². The van der Waals surface area contributed by atoms with Crippen molar-refractivity contribution < 1.29 is 23.5 Å². The number of carbonyl (C=O) groups excluding carboxylic acids is 2. The third-order valence-electron chi connectivity index (χ3n) is 4.63. The highest BCUT2D eigenvalue weighted by Crippen LogP contribution is 2.34. The lowest BCUT2D eigenvalue weighted by atomic mass is 9.97. The predicted octanol–water partition coefficient (Wildman–Crippen LogP) is 7.04. The van der Waals surface area contributed by atoms with E-state index in [1.54, 1.807) is 36.1 Å². The number of rotatable bonds is 5. The van der Waals surface area contributed by atoms with Crippen molar-refractivity contribution in [3.8, 4) is 11.5 Å². The number of aldehydes is 1. The highest BCUT2D eigenvalue weighted by Gasteiger charge is 2.36. The van der Waals surface area contributed by atoms with E-state index in [1.165, 1.54) is 6.07 Å². The molecule has 0 N–H and O–H groups in total. The minimum absolute atomic E-state index is 0.00546. The molecule has 2 aromatic rings. The average molecular weight is 494 g/mol. The summed E-state index contributed by atoms with van der Waals surface area (Å²) < 4.78 is 26.8. The number of benzene rings is 2. The van der Waals surface area contributed by atoms with Crippen LogP contribution >= 0.6 is 15.9 Å². The second-order valence-corrected chi connectivity index (χ2v) is 10.1. The van der Waals surface area contributed by atoms with Gasteiger partial charge in [-0.1, -0.05) is 12.1 Å². The van der Waals surface area contributed by atoms with Crippen LogP contribution in [0.2, 0.25) is 0 Å². The zero-order valence-electron chi connectivity index (χ0n) is 19.0. The van der Waals surface area contributed by atoms with Gasteiger partial charge in [0.2, 0.25) is 0 Å². The van der Waals surface area contributed by atoms with Crippen molar-refractivity contribution in [2.24, 2.45) is 0 Å². The Hall–Kier alpha value is -2.41. The molecule has 0 aliphatic carbocycles. The minimum Gasteiger partial charge on any atom is -0.454 e. The second-order valence-electron chi connectivity index (χ2n) is 9.27. The van der Waals surface area contributed by atoms with E-state index in [-0.39, 0.29) is 17.9 Å². The topological polar surface area (TPSA) is 55.8 Å². The van der Waals surface area contributed by atoms with Gasteiger partial charge in [-0.05, 0) is 82.6 Å². The molecule has 0 radical (unpaired) electrons. The van der Waals surface area contributed by atoms with Gasteiger partial charge < -0.3 is 9.47 Å². The molecule has 0 bridgehead atoms. The zero-order valence-corrected chi connectivity index (χ0v) is 20.6. The van der Waals surface area contributed by atoms with Crippen molar-refractivity contribution in [1.82, 2.24) is 4.90 Å². The van der Waals surface area contributed by atoms with Crippen molar-refractivity contribution in [1.29, 1.82) is 0 Å². The van der Waals surface area contributed by atoms with E-state index < -0.39 is 23.0 Å². The fraction of sp³-hybridized carbons (Fsp3) is 0.417. The van der Waals surface area contributed by atoms with Crippen LogP contribution in [0, 0.1) is 12.7 Å². The zero-order chi connectivity index (χ0) is 23.6. The number of hydrogen-bond donors (Lipinski definition) is 0. The van der Waals surface area contributed by atoms with Crippen LogP contribution in [0.15, 0.2) is 34.8 Å². The number of hydrogen-bond acceptors (Lipinski definition) is 4. The molecule has 2 rings (SSSR count). The summed E-state index contributed by atoms with van der Waals surface area (Å²) in [5, 5.41) is 0. The molecule has 31 heavy (non-hydrogen) atoms. The molecule has 1 amide bonds. The van der Waals surface area contributed by atoms with Gasteiger partial charge in [-0.2, -0.15) is 0 Å². The first kappa shape index (κ1) is 24.9. The third kappa shape index (κ3) is 5.85. The molecule has 5 nitrogen and oxygen atoms in total. The third-order valence-corrected chi connectivity index (χ3v) is 5.68. The van der Waals surface area contributed by atoms with Gasteiger partial charge in [0.15, 0.2) is 17.9 Å². The summed E-state index contributed by atoms with van der Waals surface area (Å²) in [6.07, 6.45) is 0.212. The van der Waals surface area contributed by atoms with Crippen molar-refractivity contribution in [3.63, 3.8) is 0 Å². The molecule has 0 aliphatic rings. The maximum Gasteiger partial charge on any atom is 0.410 e. The lowest BCUT2D eigenvalue weighted by Gasteiger charge is -2.44. The highest BCUT2D eigenvalue weighted by molar-refractivity contribution is 9.10. The molecule has 0 aromatic heterocycles. The number of nitrogens with zero attached hydrogens (tertiary/aromatic N) is 1. The van der Waals surface area contributed by atoms with Gasteiger partial charge in [0, 0.05) is 32.2 Å². The van der Waals surface area contributed by atoms with Gasteiger partial charge in [0.1, 0.15) is 12.4 Å². The molecular weight excluding hydrogens is 465 g/mol. The van der Waals surface area contributed by atoms with Crippen molar-refractivity contribution in [2.75, 3.05) is 0 Å². The first-order valence-electron chi connectivity index (χ1n) is 9.94. The summed E-state index contributed by atoms with van der Waals surface area (Å²) in [7, 11) is 0. The van der Waals surface area contributed by atoms with Crippen LogP contribution in [0.5, 0.6) is 11.5 Å². The number of carbonyl (C=O) groups is 2. The van der Waals surface area contributed by atoms with Gasteiger partial charge in [-0.15, -0.1) is 0 Å². The molecule has 0 atom stereocenters. The van der Waals surface area contributed by atoms with E-state index >= 15 is 4.39 Å². The van der Waals surface area contributed by atoms with Crippen molar-refractivity contribution in [2.45, 2.75) is 66.2 Å². The van der Waals surface area contributed by atoms with E-state index in [4.69, 9.17) is 9.47 Å². The molecule has 2 aromatic carbocycles. The molecule has 0 fully saturated rings. The monoisotopic (exact) mass is 493 g/mol. The summed E-state index contributed by atoms with van der Waals surface area (Å²) >= 11 is 3.36. The van der Waals surface area contributed by atoms with E-state index in [0.29, 0.717) is 21.3 Å². The Kier molecular flexibility index (Phi) is 7.53. The molecule has 168 valence electrons. The van der Waals surface area contributed by atoms with Crippen LogP contribution < -0.4 is 4.74 Å². The van der Waals surface area contributed by atoms with Gasteiger partial charge in [-0.25, -0.2) is 9.18 Å². The van der Waals surface area contributed by atoms with Gasteiger partial charge >= 0.3 is 6.09 Å². The maximum absolute atomic E-state index is 15.1. The molecular formula is C24H29BrFNO4. The highest BCUT2D eigenvalue weighted by atomic mass is 79.9. The Morgan fingerprint density at radius 3 is 2.23 bits per heavy atom. The fourth-order valence-electron chi connectivity index (χ4n) is 3.51. The number of amides is 1. The molecule has 0 aliphatic heterocycles. The van der Waals surface area contributed by atoms with Crippen molar-refractivity contribution in [3.05, 3.63) is 57.3 Å². The van der Waals surface area contributed by atoms with Gasteiger partial charge in [0.05, 0.1) is 0 Å². The quantitative estimate of drug-likeness (QED) is 0.419. The fourth-order valence-corrected chi connectivity index (χ4v) is 3.93. The smallest absolute Gasteiger partial charge is 0.410 e. The van der Waals surface area contributed by atoms with E-state index in [0.717, 1.165) is 6.29 Å². The summed E-state index contributed by atoms with van der Waals surface area (Å²) in [5.74, 6) is -0.189.